The van der Waals surface area contributed by atoms with Gasteiger partial charge in [0.15, 0.2) is 0 Å². The van der Waals surface area contributed by atoms with Crippen LogP contribution in [0.1, 0.15) is 40.0 Å². The number of methoxy groups -OCH3 is 1. The quantitative estimate of drug-likeness (QED) is 0.642. The zero-order valence-corrected chi connectivity index (χ0v) is 17.6. The largest absolute Gasteiger partial charge is 0.384 e. The van der Waals surface area contributed by atoms with Gasteiger partial charge < -0.3 is 9.64 Å². The summed E-state index contributed by atoms with van der Waals surface area (Å²) in [4.78, 5) is 19.4. The van der Waals surface area contributed by atoms with Crippen LogP contribution >= 0.6 is 0 Å². The first-order valence-electron chi connectivity index (χ1n) is 10.7. The van der Waals surface area contributed by atoms with Gasteiger partial charge in [0, 0.05) is 37.9 Å². The van der Waals surface area contributed by atoms with Crippen molar-refractivity contribution in [3.8, 4) is 5.69 Å². The number of rotatable bonds is 5. The van der Waals surface area contributed by atoms with Crippen LogP contribution in [0.5, 0.6) is 0 Å². The Morgan fingerprint density at radius 2 is 1.87 bits per heavy atom. The van der Waals surface area contributed by atoms with Crippen LogP contribution in [0.3, 0.4) is 0 Å². The van der Waals surface area contributed by atoms with Crippen LogP contribution in [0.15, 0.2) is 59.7 Å². The van der Waals surface area contributed by atoms with Crippen molar-refractivity contribution in [2.24, 2.45) is 10.9 Å². The molecule has 0 atom stereocenters. The predicted molar refractivity (Wildman–Crippen MR) is 118 cm³/mol. The van der Waals surface area contributed by atoms with E-state index in [0.29, 0.717) is 18.0 Å². The number of benzene rings is 2. The van der Waals surface area contributed by atoms with Gasteiger partial charge in [0.25, 0.3) is 5.91 Å². The molecule has 0 spiro atoms. The molecule has 0 unspecified atom stereocenters. The van der Waals surface area contributed by atoms with Crippen molar-refractivity contribution in [3.63, 3.8) is 0 Å². The molecule has 0 N–H and O–H groups in total. The van der Waals surface area contributed by atoms with Gasteiger partial charge in [0.05, 0.1) is 24.1 Å². The predicted octanol–water partition coefficient (Wildman–Crippen LogP) is 3.12. The highest BCUT2D eigenvalue weighted by molar-refractivity contribution is 6.13. The lowest BCUT2D eigenvalue weighted by Gasteiger charge is -2.31. The van der Waals surface area contributed by atoms with Gasteiger partial charge in [-0.1, -0.05) is 29.5 Å². The molecule has 2 aliphatic heterocycles. The summed E-state index contributed by atoms with van der Waals surface area (Å²) in [5.74, 6) is 0.632. The summed E-state index contributed by atoms with van der Waals surface area (Å²) in [7, 11) is 1.73. The minimum atomic E-state index is 0.0821. The topological polar surface area (TPSA) is 72.6 Å². The van der Waals surface area contributed by atoms with Gasteiger partial charge in [-0.25, -0.2) is 4.68 Å². The summed E-state index contributed by atoms with van der Waals surface area (Å²) < 4.78 is 6.97. The molecule has 31 heavy (non-hydrogen) atoms. The highest BCUT2D eigenvalue weighted by atomic mass is 16.5. The average molecular weight is 415 g/mol. The first-order valence-corrected chi connectivity index (χ1v) is 10.7. The van der Waals surface area contributed by atoms with Crippen molar-refractivity contribution in [2.45, 2.75) is 19.4 Å². The van der Waals surface area contributed by atoms with Crippen LogP contribution in [0.4, 0.5) is 0 Å². The Bertz CT molecular complexity index is 1110. The van der Waals surface area contributed by atoms with E-state index in [4.69, 9.17) is 4.74 Å². The maximum Gasteiger partial charge on any atom is 0.253 e. The van der Waals surface area contributed by atoms with E-state index < -0.39 is 0 Å². The molecular formula is C24H25N5O2. The van der Waals surface area contributed by atoms with Gasteiger partial charge in [-0.15, -0.1) is 5.10 Å². The van der Waals surface area contributed by atoms with Gasteiger partial charge >= 0.3 is 0 Å². The van der Waals surface area contributed by atoms with Gasteiger partial charge in [0.2, 0.25) is 0 Å². The van der Waals surface area contributed by atoms with E-state index >= 15 is 0 Å². The molecule has 2 aliphatic rings. The average Bonchev–Trinajstić information content (AvgIpc) is 3.47. The van der Waals surface area contributed by atoms with E-state index in [1.165, 1.54) is 5.56 Å². The molecular weight excluding hydrogens is 390 g/mol. The molecule has 1 amide bonds. The number of piperidine rings is 1. The molecule has 7 heteroatoms. The fraction of sp³-hybridized carbons (Fsp3) is 0.333. The lowest BCUT2D eigenvalue weighted by atomic mass is 9.97. The first-order chi connectivity index (χ1) is 15.2. The Kier molecular flexibility index (Phi) is 5.34. The standard InChI is InChI=1S/C24H25N5O2/c1-31-16-17-10-12-28(13-11-17)24(30)18-6-8-20(9-7-18)29-15-22(26-27-29)23-21-5-3-2-4-19(21)14-25-23/h2-9,15,17H,10-14,16H2,1H3. The van der Waals surface area contributed by atoms with Gasteiger partial charge in [0.1, 0.15) is 5.69 Å². The van der Waals surface area contributed by atoms with E-state index in [2.05, 4.69) is 27.4 Å². The van der Waals surface area contributed by atoms with E-state index in [1.54, 1.807) is 11.8 Å². The van der Waals surface area contributed by atoms with Crippen LogP contribution in [0, 0.1) is 5.92 Å². The molecule has 3 aromatic rings. The Balaban J connectivity index is 1.28. The summed E-state index contributed by atoms with van der Waals surface area (Å²) in [5.41, 5.74) is 5.52. The van der Waals surface area contributed by atoms with Crippen LogP contribution < -0.4 is 0 Å². The van der Waals surface area contributed by atoms with Crippen LogP contribution in [0.2, 0.25) is 0 Å². The van der Waals surface area contributed by atoms with Crippen molar-refractivity contribution in [3.05, 3.63) is 77.1 Å². The fourth-order valence-corrected chi connectivity index (χ4v) is 4.33. The van der Waals surface area contributed by atoms with E-state index in [-0.39, 0.29) is 5.91 Å². The summed E-state index contributed by atoms with van der Waals surface area (Å²) in [5, 5.41) is 8.60. The molecule has 3 heterocycles. The molecule has 0 bridgehead atoms. The Labute approximate surface area is 181 Å². The molecule has 1 fully saturated rings. The SMILES string of the molecule is COCC1CCN(C(=O)c2ccc(-n3cc(C4=NCc5ccccc54)nn3)cc2)CC1. The molecule has 2 aromatic carbocycles. The molecule has 1 aromatic heterocycles. The third-order valence-electron chi connectivity index (χ3n) is 6.10. The van der Waals surface area contributed by atoms with Crippen molar-refractivity contribution in [2.75, 3.05) is 26.8 Å². The number of carbonyl (C=O) groups excluding carboxylic acids is 1. The van der Waals surface area contributed by atoms with Crippen molar-refractivity contribution < 1.29 is 9.53 Å². The maximum atomic E-state index is 12.9. The lowest BCUT2D eigenvalue weighted by molar-refractivity contribution is 0.0613. The summed E-state index contributed by atoms with van der Waals surface area (Å²) in [6.07, 6.45) is 3.87. The number of fused-ring (bicyclic) bond motifs is 1. The van der Waals surface area contributed by atoms with E-state index in [9.17, 15) is 4.79 Å². The highest BCUT2D eigenvalue weighted by Gasteiger charge is 2.24. The molecule has 5 rings (SSSR count). The molecule has 158 valence electrons. The zero-order chi connectivity index (χ0) is 21.2. The Hall–Kier alpha value is -3.32. The fourth-order valence-electron chi connectivity index (χ4n) is 4.33. The molecule has 0 radical (unpaired) electrons. The Morgan fingerprint density at radius 1 is 1.10 bits per heavy atom. The summed E-state index contributed by atoms with van der Waals surface area (Å²) >= 11 is 0. The summed E-state index contributed by atoms with van der Waals surface area (Å²) in [6, 6.07) is 15.7. The van der Waals surface area contributed by atoms with Crippen molar-refractivity contribution in [1.82, 2.24) is 19.9 Å². The number of hydrogen-bond donors (Lipinski definition) is 0. The first kappa shape index (κ1) is 19.6. The third kappa shape index (κ3) is 3.88. The molecule has 0 saturated carbocycles. The minimum Gasteiger partial charge on any atom is -0.384 e. The zero-order valence-electron chi connectivity index (χ0n) is 17.6. The maximum absolute atomic E-state index is 12.9. The van der Waals surface area contributed by atoms with Gasteiger partial charge in [-0.2, -0.15) is 0 Å². The third-order valence-corrected chi connectivity index (χ3v) is 6.10. The second kappa shape index (κ2) is 8.43. The second-order valence-electron chi connectivity index (χ2n) is 8.11. The van der Waals surface area contributed by atoms with Crippen molar-refractivity contribution in [1.29, 1.82) is 0 Å². The van der Waals surface area contributed by atoms with Crippen molar-refractivity contribution >= 4 is 11.6 Å². The number of carbonyl (C=O) groups is 1. The highest BCUT2D eigenvalue weighted by Crippen LogP contribution is 2.23. The number of ether oxygens (including phenoxy) is 1. The number of aliphatic imine (C=N–C) groups is 1. The normalized spacial score (nSPS) is 16.3. The molecule has 0 aliphatic carbocycles. The number of hydrogen-bond acceptors (Lipinski definition) is 5. The van der Waals surface area contributed by atoms with E-state index in [0.717, 1.165) is 55.2 Å². The molecule has 1 saturated heterocycles. The lowest BCUT2D eigenvalue weighted by Crippen LogP contribution is -2.39. The monoisotopic (exact) mass is 415 g/mol. The van der Waals surface area contributed by atoms with Crippen LogP contribution in [-0.2, 0) is 11.3 Å². The summed E-state index contributed by atoms with van der Waals surface area (Å²) in [6.45, 7) is 3.02. The number of aromatic nitrogens is 3. The van der Waals surface area contributed by atoms with Crippen LogP contribution in [-0.4, -0.2) is 58.3 Å². The molecule has 7 nitrogen and oxygen atoms in total. The van der Waals surface area contributed by atoms with Gasteiger partial charge in [-0.3, -0.25) is 9.79 Å². The minimum absolute atomic E-state index is 0.0821. The second-order valence-corrected chi connectivity index (χ2v) is 8.11. The smallest absolute Gasteiger partial charge is 0.253 e. The van der Waals surface area contributed by atoms with E-state index in [1.807, 2.05) is 47.5 Å². The van der Waals surface area contributed by atoms with Crippen LogP contribution in [0.25, 0.3) is 5.69 Å². The number of amides is 1. The van der Waals surface area contributed by atoms with Gasteiger partial charge in [-0.05, 0) is 48.6 Å². The number of nitrogens with zero attached hydrogens (tertiary/aromatic N) is 5. The Morgan fingerprint density at radius 3 is 2.65 bits per heavy atom. The number of likely N-dealkylation sites (tertiary alicyclic amines) is 1.